The van der Waals surface area contributed by atoms with Crippen LogP contribution in [0.15, 0.2) is 0 Å². The molecule has 0 aromatic carbocycles. The molecule has 3 heteroatoms. The van der Waals surface area contributed by atoms with Crippen molar-refractivity contribution in [2.75, 3.05) is 27.7 Å². The van der Waals surface area contributed by atoms with Gasteiger partial charge in [0.15, 0.2) is 0 Å². The second-order valence-electron chi connectivity index (χ2n) is 4.92. The predicted molar refractivity (Wildman–Crippen MR) is 56.6 cm³/mol. The van der Waals surface area contributed by atoms with E-state index < -0.39 is 0 Å². The maximum atomic E-state index is 11.3. The van der Waals surface area contributed by atoms with Crippen LogP contribution in [-0.2, 0) is 4.79 Å². The molecule has 0 aliphatic rings. The van der Waals surface area contributed by atoms with E-state index in [1.165, 1.54) is 12.8 Å². The fourth-order valence-corrected chi connectivity index (χ4v) is 1.53. The Bertz CT molecular complexity index is 163. The summed E-state index contributed by atoms with van der Waals surface area (Å²) in [7, 11) is 6.42. The highest BCUT2D eigenvalue weighted by Crippen LogP contribution is 2.12. The molecule has 0 N–H and O–H groups in total. The van der Waals surface area contributed by atoms with Gasteiger partial charge in [-0.15, -0.1) is 0 Å². The second-order valence-corrected chi connectivity index (χ2v) is 4.92. The molecular weight excluding hydrogens is 289 g/mol. The highest BCUT2D eigenvalue weighted by atomic mass is 127. The largest absolute Gasteiger partial charge is 1.00 e. The zero-order valence-corrected chi connectivity index (χ0v) is 12.3. The van der Waals surface area contributed by atoms with Crippen LogP contribution in [0.1, 0.15) is 33.1 Å². The Hall–Kier alpha value is 0.360. The van der Waals surface area contributed by atoms with Gasteiger partial charge in [-0.2, -0.15) is 0 Å². The van der Waals surface area contributed by atoms with Crippen molar-refractivity contribution in [1.82, 2.24) is 0 Å². The summed E-state index contributed by atoms with van der Waals surface area (Å²) in [6.45, 7) is 4.86. The van der Waals surface area contributed by atoms with E-state index in [1.807, 2.05) is 0 Å². The smallest absolute Gasteiger partial charge is 0.138 e. The molecule has 1 unspecified atom stereocenters. The molecule has 0 aromatic heterocycles. The van der Waals surface area contributed by atoms with Gasteiger partial charge in [-0.3, -0.25) is 4.79 Å². The van der Waals surface area contributed by atoms with Gasteiger partial charge in [-0.25, -0.2) is 0 Å². The molecule has 0 amide bonds. The first-order chi connectivity index (χ1) is 5.87. The monoisotopic (exact) mass is 313 g/mol. The van der Waals surface area contributed by atoms with Gasteiger partial charge in [0.1, 0.15) is 5.78 Å². The number of nitrogens with zero attached hydrogens (tertiary/aromatic N) is 1. The van der Waals surface area contributed by atoms with Gasteiger partial charge in [0.25, 0.3) is 0 Å². The van der Waals surface area contributed by atoms with Crippen molar-refractivity contribution >= 4 is 5.78 Å². The average molecular weight is 313 g/mol. The highest BCUT2D eigenvalue weighted by Gasteiger charge is 2.21. The molecule has 0 heterocycles. The standard InChI is InChI=1S/C11H24NO.HI/c1-6-7-8-11(10(2)13)9-12(3,4)5;/h11H,6-9H2,1-5H3;1H/q+1;/p-1. The van der Waals surface area contributed by atoms with E-state index in [0.29, 0.717) is 5.78 Å². The van der Waals surface area contributed by atoms with Crippen molar-refractivity contribution in [2.45, 2.75) is 33.1 Å². The first kappa shape index (κ1) is 16.8. The van der Waals surface area contributed by atoms with Gasteiger partial charge in [-0.1, -0.05) is 19.8 Å². The predicted octanol–water partition coefficient (Wildman–Crippen LogP) is -0.908. The molecule has 0 radical (unpaired) electrons. The van der Waals surface area contributed by atoms with Gasteiger partial charge in [0.2, 0.25) is 0 Å². The Kier molecular flexibility index (Phi) is 9.14. The summed E-state index contributed by atoms with van der Waals surface area (Å²) in [5.41, 5.74) is 0. The van der Waals surface area contributed by atoms with E-state index in [0.717, 1.165) is 17.4 Å². The molecule has 0 bridgehead atoms. The van der Waals surface area contributed by atoms with Crippen molar-refractivity contribution in [3.63, 3.8) is 0 Å². The molecule has 0 spiro atoms. The Balaban J connectivity index is 0. The van der Waals surface area contributed by atoms with Crippen LogP contribution in [0.3, 0.4) is 0 Å². The summed E-state index contributed by atoms with van der Waals surface area (Å²) in [6, 6.07) is 0. The number of quaternary nitrogens is 1. The SMILES string of the molecule is CCCCC(C[N+](C)(C)C)C(C)=O.[I-]. The molecule has 0 rings (SSSR count). The zero-order chi connectivity index (χ0) is 10.5. The van der Waals surface area contributed by atoms with E-state index >= 15 is 0 Å². The minimum absolute atomic E-state index is 0. The summed E-state index contributed by atoms with van der Waals surface area (Å²) < 4.78 is 0.883. The van der Waals surface area contributed by atoms with E-state index in [9.17, 15) is 4.79 Å². The van der Waals surface area contributed by atoms with Gasteiger partial charge in [0.05, 0.1) is 33.6 Å². The number of hydrogen-bond donors (Lipinski definition) is 0. The summed E-state index contributed by atoms with van der Waals surface area (Å²) in [5, 5.41) is 0. The van der Waals surface area contributed by atoms with Crippen molar-refractivity contribution in [2.24, 2.45) is 5.92 Å². The molecular formula is C11H24INO. The van der Waals surface area contributed by atoms with Crippen molar-refractivity contribution < 1.29 is 33.3 Å². The lowest BCUT2D eigenvalue weighted by molar-refractivity contribution is -0.872. The Labute approximate surface area is 106 Å². The molecule has 1 atom stereocenters. The Morgan fingerprint density at radius 1 is 1.29 bits per heavy atom. The summed E-state index contributed by atoms with van der Waals surface area (Å²) in [6.07, 6.45) is 3.41. The lowest BCUT2D eigenvalue weighted by atomic mass is 9.97. The first-order valence-electron chi connectivity index (χ1n) is 5.17. The summed E-state index contributed by atoms with van der Waals surface area (Å²) in [5.74, 6) is 0.612. The quantitative estimate of drug-likeness (QED) is 0.458. The number of carbonyl (C=O) groups excluding carboxylic acids is 1. The number of Topliss-reactive ketones (excluding diaryl/α,β-unsaturated/α-hetero) is 1. The van der Waals surface area contributed by atoms with Gasteiger partial charge in [0, 0.05) is 0 Å². The van der Waals surface area contributed by atoms with Crippen molar-refractivity contribution in [1.29, 1.82) is 0 Å². The van der Waals surface area contributed by atoms with Gasteiger partial charge < -0.3 is 28.5 Å². The number of ketones is 1. The van der Waals surface area contributed by atoms with Crippen LogP contribution < -0.4 is 24.0 Å². The minimum Gasteiger partial charge on any atom is -1.00 e. The normalized spacial score (nSPS) is 13.2. The van der Waals surface area contributed by atoms with Crippen molar-refractivity contribution in [3.05, 3.63) is 0 Å². The fraction of sp³-hybridized carbons (Fsp3) is 0.909. The molecule has 0 saturated heterocycles. The van der Waals surface area contributed by atoms with Crippen LogP contribution in [0.4, 0.5) is 0 Å². The maximum Gasteiger partial charge on any atom is 0.138 e. The summed E-state index contributed by atoms with van der Waals surface area (Å²) in [4.78, 5) is 11.3. The number of hydrogen-bond acceptors (Lipinski definition) is 1. The summed E-state index contributed by atoms with van der Waals surface area (Å²) >= 11 is 0. The van der Waals surface area contributed by atoms with Crippen molar-refractivity contribution in [3.8, 4) is 0 Å². The van der Waals surface area contributed by atoms with Crippen LogP contribution in [-0.4, -0.2) is 38.0 Å². The third-order valence-electron chi connectivity index (χ3n) is 2.25. The van der Waals surface area contributed by atoms with Gasteiger partial charge in [-0.05, 0) is 13.3 Å². The number of unbranched alkanes of at least 4 members (excludes halogenated alkanes) is 1. The van der Waals surface area contributed by atoms with Crippen LogP contribution in [0, 0.1) is 5.92 Å². The zero-order valence-electron chi connectivity index (χ0n) is 10.1. The topological polar surface area (TPSA) is 17.1 Å². The first-order valence-corrected chi connectivity index (χ1v) is 5.17. The molecule has 86 valence electrons. The van der Waals surface area contributed by atoms with Crippen LogP contribution in [0.2, 0.25) is 0 Å². The van der Waals surface area contributed by atoms with Crippen LogP contribution in [0.5, 0.6) is 0 Å². The third-order valence-corrected chi connectivity index (χ3v) is 2.25. The number of halogens is 1. The van der Waals surface area contributed by atoms with Crippen LogP contribution in [0.25, 0.3) is 0 Å². The maximum absolute atomic E-state index is 11.3. The fourth-order valence-electron chi connectivity index (χ4n) is 1.53. The van der Waals surface area contributed by atoms with E-state index in [1.54, 1.807) is 6.92 Å². The lowest BCUT2D eigenvalue weighted by Crippen LogP contribution is -3.00. The Morgan fingerprint density at radius 3 is 2.07 bits per heavy atom. The van der Waals surface area contributed by atoms with E-state index in [2.05, 4.69) is 28.1 Å². The Morgan fingerprint density at radius 2 is 1.79 bits per heavy atom. The molecule has 0 aliphatic heterocycles. The van der Waals surface area contributed by atoms with Crippen LogP contribution >= 0.6 is 0 Å². The highest BCUT2D eigenvalue weighted by molar-refractivity contribution is 5.78. The van der Waals surface area contributed by atoms with E-state index in [-0.39, 0.29) is 29.9 Å². The molecule has 0 aliphatic carbocycles. The third kappa shape index (κ3) is 8.94. The average Bonchev–Trinajstić information content (AvgIpc) is 1.95. The molecule has 14 heavy (non-hydrogen) atoms. The second kappa shape index (κ2) is 7.63. The molecule has 0 saturated carbocycles. The van der Waals surface area contributed by atoms with Gasteiger partial charge >= 0.3 is 0 Å². The minimum atomic E-state index is 0. The lowest BCUT2D eigenvalue weighted by Gasteiger charge is -2.28. The molecule has 0 aromatic rings. The number of carbonyl (C=O) groups is 1. The number of rotatable bonds is 6. The molecule has 0 fully saturated rings. The molecule has 2 nitrogen and oxygen atoms in total. The van der Waals surface area contributed by atoms with E-state index in [4.69, 9.17) is 0 Å².